The van der Waals surface area contributed by atoms with Crippen molar-refractivity contribution in [2.75, 3.05) is 13.7 Å². The van der Waals surface area contributed by atoms with E-state index >= 15 is 0 Å². The van der Waals surface area contributed by atoms with Gasteiger partial charge in [-0.15, -0.1) is 11.3 Å². The van der Waals surface area contributed by atoms with Gasteiger partial charge in [0, 0.05) is 25.1 Å². The van der Waals surface area contributed by atoms with Crippen LogP contribution in [0.25, 0.3) is 0 Å². The summed E-state index contributed by atoms with van der Waals surface area (Å²) in [4.78, 5) is 15.7. The lowest BCUT2D eigenvalue weighted by Gasteiger charge is -2.09. The number of hydrogen-bond donors (Lipinski definition) is 2. The molecular weight excluding hydrogens is 214 g/mol. The summed E-state index contributed by atoms with van der Waals surface area (Å²) in [6.45, 7) is 2.70. The number of hydrogen-bond acceptors (Lipinski definition) is 5. The Bertz CT molecular complexity index is 327. The van der Waals surface area contributed by atoms with Crippen molar-refractivity contribution in [2.24, 2.45) is 5.73 Å². The Morgan fingerprint density at radius 3 is 3.13 bits per heavy atom. The van der Waals surface area contributed by atoms with Crippen molar-refractivity contribution in [3.8, 4) is 0 Å². The summed E-state index contributed by atoms with van der Waals surface area (Å²) < 4.78 is 4.92. The smallest absolute Gasteiger partial charge is 0.271 e. The highest BCUT2D eigenvalue weighted by Crippen LogP contribution is 2.10. The van der Waals surface area contributed by atoms with Crippen LogP contribution in [0.2, 0.25) is 0 Å². The van der Waals surface area contributed by atoms with Crippen LogP contribution < -0.4 is 11.1 Å². The molecule has 1 aromatic heterocycles. The molecule has 1 atom stereocenters. The van der Waals surface area contributed by atoms with Crippen LogP contribution in [0.3, 0.4) is 0 Å². The highest BCUT2D eigenvalue weighted by Gasteiger charge is 2.12. The first-order valence-corrected chi connectivity index (χ1v) is 5.49. The first-order chi connectivity index (χ1) is 7.17. The van der Waals surface area contributed by atoms with Gasteiger partial charge in [0.15, 0.2) is 0 Å². The Kier molecular flexibility index (Phi) is 4.67. The third-order valence-electron chi connectivity index (χ3n) is 1.78. The summed E-state index contributed by atoms with van der Waals surface area (Å²) in [5, 5.41) is 5.25. The standard InChI is InChI=1S/C9H15N3O2S/c1-6(3-10)11-9(13)7-5-15-8(12-7)4-14-2/h5-6H,3-4,10H2,1-2H3,(H,11,13)/t6-/m1/s1. The number of carbonyl (C=O) groups excluding carboxylic acids is 1. The predicted octanol–water partition coefficient (Wildman–Crippen LogP) is 0.366. The molecule has 0 spiro atoms. The normalized spacial score (nSPS) is 12.5. The minimum atomic E-state index is -0.188. The molecule has 0 aliphatic carbocycles. The number of nitrogens with two attached hydrogens (primary N) is 1. The van der Waals surface area contributed by atoms with E-state index in [1.807, 2.05) is 6.92 Å². The zero-order chi connectivity index (χ0) is 11.3. The van der Waals surface area contributed by atoms with Gasteiger partial charge in [0.05, 0.1) is 6.61 Å². The minimum Gasteiger partial charge on any atom is -0.378 e. The van der Waals surface area contributed by atoms with Gasteiger partial charge in [-0.3, -0.25) is 4.79 Å². The van der Waals surface area contributed by atoms with Crippen molar-refractivity contribution in [3.05, 3.63) is 16.1 Å². The SMILES string of the molecule is COCc1nc(C(=O)N[C@H](C)CN)cs1. The number of carbonyl (C=O) groups is 1. The van der Waals surface area contributed by atoms with E-state index in [2.05, 4.69) is 10.3 Å². The van der Waals surface area contributed by atoms with Crippen LogP contribution in [0, 0.1) is 0 Å². The second-order valence-corrected chi connectivity index (χ2v) is 4.11. The molecule has 0 fully saturated rings. The number of rotatable bonds is 5. The molecule has 0 radical (unpaired) electrons. The van der Waals surface area contributed by atoms with Crippen molar-refractivity contribution in [1.29, 1.82) is 0 Å². The topological polar surface area (TPSA) is 77.2 Å². The van der Waals surface area contributed by atoms with Crippen LogP contribution >= 0.6 is 11.3 Å². The number of methoxy groups -OCH3 is 1. The minimum absolute atomic E-state index is 0.0370. The number of thiazole rings is 1. The predicted molar refractivity (Wildman–Crippen MR) is 58.8 cm³/mol. The van der Waals surface area contributed by atoms with Crippen molar-refractivity contribution in [1.82, 2.24) is 10.3 Å². The van der Waals surface area contributed by atoms with Gasteiger partial charge < -0.3 is 15.8 Å². The van der Waals surface area contributed by atoms with E-state index in [4.69, 9.17) is 10.5 Å². The fraction of sp³-hybridized carbons (Fsp3) is 0.556. The van der Waals surface area contributed by atoms with E-state index in [0.717, 1.165) is 5.01 Å². The molecule has 1 aromatic rings. The molecule has 0 aliphatic heterocycles. The van der Waals surface area contributed by atoms with Crippen LogP contribution in [0.5, 0.6) is 0 Å². The lowest BCUT2D eigenvalue weighted by atomic mass is 10.3. The summed E-state index contributed by atoms with van der Waals surface area (Å²) in [6.07, 6.45) is 0. The molecule has 0 bridgehead atoms. The average Bonchev–Trinajstić information content (AvgIpc) is 2.67. The Hall–Kier alpha value is -0.980. The lowest BCUT2D eigenvalue weighted by molar-refractivity contribution is 0.0936. The molecule has 3 N–H and O–H groups in total. The molecule has 0 aromatic carbocycles. The van der Waals surface area contributed by atoms with Crippen LogP contribution in [-0.4, -0.2) is 30.6 Å². The van der Waals surface area contributed by atoms with Gasteiger partial charge in [0.2, 0.25) is 0 Å². The summed E-state index contributed by atoms with van der Waals surface area (Å²) in [5.74, 6) is -0.188. The number of nitrogens with one attached hydrogen (secondary N) is 1. The number of aromatic nitrogens is 1. The first kappa shape index (κ1) is 12.1. The average molecular weight is 229 g/mol. The van der Waals surface area contributed by atoms with Gasteiger partial charge in [-0.1, -0.05) is 0 Å². The third-order valence-corrected chi connectivity index (χ3v) is 2.61. The highest BCUT2D eigenvalue weighted by atomic mass is 32.1. The van der Waals surface area contributed by atoms with Crippen LogP contribution in [0.1, 0.15) is 22.4 Å². The molecule has 1 amide bonds. The molecular formula is C9H15N3O2S. The van der Waals surface area contributed by atoms with E-state index < -0.39 is 0 Å². The largest absolute Gasteiger partial charge is 0.378 e. The van der Waals surface area contributed by atoms with E-state index in [0.29, 0.717) is 18.8 Å². The van der Waals surface area contributed by atoms with E-state index in [1.165, 1.54) is 11.3 Å². The summed E-state index contributed by atoms with van der Waals surface area (Å²) in [5.41, 5.74) is 5.82. The Morgan fingerprint density at radius 2 is 2.53 bits per heavy atom. The first-order valence-electron chi connectivity index (χ1n) is 4.61. The molecule has 5 nitrogen and oxygen atoms in total. The van der Waals surface area contributed by atoms with Gasteiger partial charge in [-0.25, -0.2) is 4.98 Å². The number of amides is 1. The zero-order valence-corrected chi connectivity index (χ0v) is 9.63. The van der Waals surface area contributed by atoms with Crippen LogP contribution in [0.15, 0.2) is 5.38 Å². The maximum Gasteiger partial charge on any atom is 0.271 e. The zero-order valence-electron chi connectivity index (χ0n) is 8.82. The van der Waals surface area contributed by atoms with Gasteiger partial charge in [0.1, 0.15) is 10.7 Å². The second kappa shape index (κ2) is 5.79. The van der Waals surface area contributed by atoms with Gasteiger partial charge in [0.25, 0.3) is 5.91 Å². The van der Waals surface area contributed by atoms with E-state index in [9.17, 15) is 4.79 Å². The third kappa shape index (κ3) is 3.58. The molecule has 0 unspecified atom stereocenters. The monoisotopic (exact) mass is 229 g/mol. The molecule has 0 aliphatic rings. The highest BCUT2D eigenvalue weighted by molar-refractivity contribution is 7.09. The fourth-order valence-corrected chi connectivity index (χ4v) is 1.71. The quantitative estimate of drug-likeness (QED) is 0.764. The van der Waals surface area contributed by atoms with Crippen molar-refractivity contribution in [2.45, 2.75) is 19.6 Å². The molecule has 1 rings (SSSR count). The van der Waals surface area contributed by atoms with Crippen LogP contribution in [0.4, 0.5) is 0 Å². The fourth-order valence-electron chi connectivity index (χ4n) is 0.962. The van der Waals surface area contributed by atoms with Gasteiger partial charge >= 0.3 is 0 Å². The summed E-state index contributed by atoms with van der Waals surface area (Å²) in [6, 6.07) is -0.0370. The van der Waals surface area contributed by atoms with E-state index in [1.54, 1.807) is 12.5 Å². The molecule has 1 heterocycles. The van der Waals surface area contributed by atoms with Gasteiger partial charge in [-0.05, 0) is 6.92 Å². The Morgan fingerprint density at radius 1 is 1.80 bits per heavy atom. The number of ether oxygens (including phenoxy) is 1. The molecule has 0 saturated heterocycles. The number of nitrogens with zero attached hydrogens (tertiary/aromatic N) is 1. The Balaban J connectivity index is 2.58. The molecule has 0 saturated carbocycles. The maximum atomic E-state index is 11.6. The molecule has 6 heteroatoms. The lowest BCUT2D eigenvalue weighted by Crippen LogP contribution is -2.37. The van der Waals surface area contributed by atoms with Gasteiger partial charge in [-0.2, -0.15) is 0 Å². The second-order valence-electron chi connectivity index (χ2n) is 3.17. The summed E-state index contributed by atoms with van der Waals surface area (Å²) >= 11 is 1.41. The van der Waals surface area contributed by atoms with Crippen molar-refractivity contribution >= 4 is 17.2 Å². The maximum absolute atomic E-state index is 11.6. The molecule has 15 heavy (non-hydrogen) atoms. The molecule has 84 valence electrons. The summed E-state index contributed by atoms with van der Waals surface area (Å²) in [7, 11) is 1.59. The van der Waals surface area contributed by atoms with Crippen molar-refractivity contribution in [3.63, 3.8) is 0 Å². The Labute approximate surface area is 92.6 Å². The van der Waals surface area contributed by atoms with E-state index in [-0.39, 0.29) is 11.9 Å². The van der Waals surface area contributed by atoms with Crippen molar-refractivity contribution < 1.29 is 9.53 Å². The van der Waals surface area contributed by atoms with Crippen LogP contribution in [-0.2, 0) is 11.3 Å².